The molecular weight excluding hydrogens is 354 g/mol. The summed E-state index contributed by atoms with van der Waals surface area (Å²) in [6.07, 6.45) is 5.88. The van der Waals surface area contributed by atoms with Crippen LogP contribution in [0.3, 0.4) is 0 Å². The number of carbonyl (C=O) groups excluding carboxylic acids is 1. The van der Waals surface area contributed by atoms with Gasteiger partial charge in [-0.15, -0.1) is 0 Å². The molecule has 0 spiro atoms. The maximum atomic E-state index is 12.7. The molecule has 1 unspecified atom stereocenters. The monoisotopic (exact) mass is 377 g/mol. The zero-order valence-corrected chi connectivity index (χ0v) is 16.5. The van der Waals surface area contributed by atoms with Crippen molar-refractivity contribution in [1.29, 1.82) is 0 Å². The van der Waals surface area contributed by atoms with Gasteiger partial charge in [-0.25, -0.2) is 4.98 Å². The van der Waals surface area contributed by atoms with E-state index in [4.69, 9.17) is 11.6 Å². The van der Waals surface area contributed by atoms with E-state index in [2.05, 4.69) is 11.9 Å². The van der Waals surface area contributed by atoms with E-state index in [1.54, 1.807) is 6.20 Å². The number of likely N-dealkylation sites (tertiary alicyclic amines) is 1. The van der Waals surface area contributed by atoms with E-state index in [0.29, 0.717) is 0 Å². The lowest BCUT2D eigenvalue weighted by atomic mass is 9.99. The lowest BCUT2D eigenvalue weighted by molar-refractivity contribution is -0.131. The molecule has 1 atom stereocenters. The number of imidazole rings is 1. The molecule has 134 valence electrons. The first kappa shape index (κ1) is 18.3. The highest BCUT2D eigenvalue weighted by Gasteiger charge is 2.26. The van der Waals surface area contributed by atoms with Gasteiger partial charge in [0.25, 0.3) is 0 Å². The van der Waals surface area contributed by atoms with Crippen molar-refractivity contribution >= 4 is 29.3 Å². The molecule has 1 aliphatic rings. The van der Waals surface area contributed by atoms with Crippen LogP contribution in [0.15, 0.2) is 35.7 Å². The number of benzene rings is 1. The molecule has 0 saturated carbocycles. The van der Waals surface area contributed by atoms with E-state index >= 15 is 0 Å². The van der Waals surface area contributed by atoms with Gasteiger partial charge in [0.1, 0.15) is 0 Å². The van der Waals surface area contributed by atoms with Gasteiger partial charge in [0.2, 0.25) is 5.91 Å². The Morgan fingerprint density at radius 3 is 2.80 bits per heavy atom. The second kappa shape index (κ2) is 7.83. The first-order valence-corrected chi connectivity index (χ1v) is 9.97. The third-order valence-electron chi connectivity index (χ3n) is 4.83. The molecule has 25 heavy (non-hydrogen) atoms. The van der Waals surface area contributed by atoms with Crippen LogP contribution in [0.25, 0.3) is 5.69 Å². The Hall–Kier alpha value is -1.46. The molecule has 2 aromatic rings. The Bertz CT molecular complexity index is 753. The van der Waals surface area contributed by atoms with E-state index in [1.807, 2.05) is 47.7 Å². The van der Waals surface area contributed by atoms with Gasteiger partial charge < -0.3 is 4.90 Å². The summed E-state index contributed by atoms with van der Waals surface area (Å²) in [6, 6.07) is 5.84. The number of nitrogens with zero attached hydrogens (tertiary/aromatic N) is 3. The fraction of sp³-hybridized carbons (Fsp3) is 0.474. The predicted molar refractivity (Wildman–Crippen MR) is 104 cm³/mol. The van der Waals surface area contributed by atoms with Crippen LogP contribution in [0.5, 0.6) is 0 Å². The van der Waals surface area contributed by atoms with E-state index < -0.39 is 0 Å². The molecule has 6 heteroatoms. The standard InChI is InChI=1S/C19H24ClN3OS/c1-13-7-10-22(11-8-13)18(24)15(3)25-19-21-9-12-23(19)17-6-4-5-16(20)14(17)2/h4-6,9,12-13,15H,7-8,10-11H2,1-3H3. The molecule has 2 heterocycles. The topological polar surface area (TPSA) is 38.1 Å². The third kappa shape index (κ3) is 4.04. The Balaban J connectivity index is 1.75. The maximum absolute atomic E-state index is 12.7. The highest BCUT2D eigenvalue weighted by atomic mass is 35.5. The molecule has 1 saturated heterocycles. The second-order valence-electron chi connectivity index (χ2n) is 6.73. The minimum atomic E-state index is -0.158. The van der Waals surface area contributed by atoms with E-state index in [1.165, 1.54) is 11.8 Å². The summed E-state index contributed by atoms with van der Waals surface area (Å²) < 4.78 is 2.01. The summed E-state index contributed by atoms with van der Waals surface area (Å²) >= 11 is 7.76. The first-order chi connectivity index (χ1) is 12.0. The van der Waals surface area contributed by atoms with Crippen molar-refractivity contribution in [2.75, 3.05) is 13.1 Å². The van der Waals surface area contributed by atoms with Crippen molar-refractivity contribution in [2.24, 2.45) is 5.92 Å². The van der Waals surface area contributed by atoms with Gasteiger partial charge >= 0.3 is 0 Å². The quantitative estimate of drug-likeness (QED) is 0.732. The van der Waals surface area contributed by atoms with Crippen LogP contribution < -0.4 is 0 Å². The molecule has 0 bridgehead atoms. The van der Waals surface area contributed by atoms with Gasteiger partial charge in [0, 0.05) is 30.5 Å². The Morgan fingerprint density at radius 1 is 1.36 bits per heavy atom. The SMILES string of the molecule is Cc1c(Cl)cccc1-n1ccnc1SC(C)C(=O)N1CCC(C)CC1. The molecule has 1 fully saturated rings. The third-order valence-corrected chi connectivity index (χ3v) is 6.31. The second-order valence-corrected chi connectivity index (χ2v) is 8.45. The summed E-state index contributed by atoms with van der Waals surface area (Å²) in [5, 5.41) is 1.39. The number of thioether (sulfide) groups is 1. The molecule has 4 nitrogen and oxygen atoms in total. The fourth-order valence-corrected chi connectivity index (χ4v) is 4.24. The molecule has 1 amide bonds. The number of amides is 1. The summed E-state index contributed by atoms with van der Waals surface area (Å²) in [7, 11) is 0. The van der Waals surface area contributed by atoms with Crippen molar-refractivity contribution in [1.82, 2.24) is 14.5 Å². The van der Waals surface area contributed by atoms with Crippen molar-refractivity contribution in [2.45, 2.75) is 44.0 Å². The molecule has 1 aromatic carbocycles. The number of carbonyl (C=O) groups is 1. The highest BCUT2D eigenvalue weighted by Crippen LogP contribution is 2.29. The Morgan fingerprint density at radius 2 is 2.08 bits per heavy atom. The minimum Gasteiger partial charge on any atom is -0.342 e. The zero-order valence-electron chi connectivity index (χ0n) is 14.9. The summed E-state index contributed by atoms with van der Waals surface area (Å²) in [5.41, 5.74) is 2.01. The lowest BCUT2D eigenvalue weighted by Crippen LogP contribution is -2.41. The predicted octanol–water partition coefficient (Wildman–Crippen LogP) is 4.57. The van der Waals surface area contributed by atoms with Crippen LogP contribution in [-0.4, -0.2) is 38.7 Å². The number of hydrogen-bond acceptors (Lipinski definition) is 3. The molecule has 3 rings (SSSR count). The van der Waals surface area contributed by atoms with Crippen molar-refractivity contribution < 1.29 is 4.79 Å². The van der Waals surface area contributed by atoms with E-state index in [0.717, 1.165) is 53.3 Å². The molecule has 0 radical (unpaired) electrons. The van der Waals surface area contributed by atoms with Gasteiger partial charge in [0.05, 0.1) is 10.9 Å². The number of rotatable bonds is 4. The first-order valence-electron chi connectivity index (χ1n) is 8.71. The van der Waals surface area contributed by atoms with Gasteiger partial charge in [-0.1, -0.05) is 36.4 Å². The fourth-order valence-electron chi connectivity index (χ4n) is 3.11. The average molecular weight is 378 g/mol. The number of aromatic nitrogens is 2. The molecular formula is C19H24ClN3OS. The van der Waals surface area contributed by atoms with E-state index in [-0.39, 0.29) is 11.2 Å². The van der Waals surface area contributed by atoms with Crippen LogP contribution in [0.4, 0.5) is 0 Å². The Labute approximate surface area is 158 Å². The maximum Gasteiger partial charge on any atom is 0.235 e. The van der Waals surface area contributed by atoms with Crippen LogP contribution >= 0.6 is 23.4 Å². The van der Waals surface area contributed by atoms with Gasteiger partial charge in [-0.2, -0.15) is 0 Å². The van der Waals surface area contributed by atoms with Crippen LogP contribution in [0, 0.1) is 12.8 Å². The smallest absolute Gasteiger partial charge is 0.235 e. The largest absolute Gasteiger partial charge is 0.342 e. The summed E-state index contributed by atoms with van der Waals surface area (Å²) in [5.74, 6) is 0.922. The van der Waals surface area contributed by atoms with Gasteiger partial charge in [0.15, 0.2) is 5.16 Å². The highest BCUT2D eigenvalue weighted by molar-refractivity contribution is 8.00. The van der Waals surface area contributed by atoms with Crippen molar-refractivity contribution in [3.8, 4) is 5.69 Å². The summed E-state index contributed by atoms with van der Waals surface area (Å²) in [4.78, 5) is 19.2. The van der Waals surface area contributed by atoms with Crippen LogP contribution in [-0.2, 0) is 4.79 Å². The number of hydrogen-bond donors (Lipinski definition) is 0. The lowest BCUT2D eigenvalue weighted by Gasteiger charge is -2.32. The summed E-state index contributed by atoms with van der Waals surface area (Å²) in [6.45, 7) is 7.95. The molecule has 1 aliphatic heterocycles. The van der Waals surface area contributed by atoms with Crippen molar-refractivity contribution in [3.05, 3.63) is 41.2 Å². The molecule has 1 aromatic heterocycles. The number of piperidine rings is 1. The number of halogens is 1. The normalized spacial score (nSPS) is 16.9. The van der Waals surface area contributed by atoms with Gasteiger partial charge in [-0.05, 0) is 50.3 Å². The minimum absolute atomic E-state index is 0.158. The van der Waals surface area contributed by atoms with Crippen molar-refractivity contribution in [3.63, 3.8) is 0 Å². The van der Waals surface area contributed by atoms with Crippen LogP contribution in [0.1, 0.15) is 32.3 Å². The van der Waals surface area contributed by atoms with E-state index in [9.17, 15) is 4.79 Å². The molecule has 0 N–H and O–H groups in total. The zero-order chi connectivity index (χ0) is 18.0. The molecule has 0 aliphatic carbocycles. The van der Waals surface area contributed by atoms with Gasteiger partial charge in [-0.3, -0.25) is 9.36 Å². The Kier molecular flexibility index (Phi) is 5.74. The average Bonchev–Trinajstić information content (AvgIpc) is 3.05. The van der Waals surface area contributed by atoms with Crippen LogP contribution in [0.2, 0.25) is 5.02 Å².